The molecular weight excluding hydrogens is 372 g/mol. The number of aromatic nitrogens is 2. The molecule has 0 fully saturated rings. The average molecular weight is 390 g/mol. The Balaban J connectivity index is 1.75. The first-order valence-corrected chi connectivity index (χ1v) is 9.47. The number of benzene rings is 1. The summed E-state index contributed by atoms with van der Waals surface area (Å²) in [5, 5.41) is 0.997. The lowest BCUT2D eigenvalue weighted by Gasteiger charge is -2.33. The van der Waals surface area contributed by atoms with Crippen molar-refractivity contribution in [2.75, 3.05) is 0 Å². The number of carbonyl (C=O) groups excluding carboxylic acids is 2. The zero-order valence-corrected chi connectivity index (χ0v) is 16.0. The molecule has 29 heavy (non-hydrogen) atoms. The van der Waals surface area contributed by atoms with Gasteiger partial charge in [-0.3, -0.25) is 9.59 Å². The zero-order chi connectivity index (χ0) is 20.3. The third kappa shape index (κ3) is 2.43. The van der Waals surface area contributed by atoms with Crippen molar-refractivity contribution in [3.05, 3.63) is 63.4 Å². The summed E-state index contributed by atoms with van der Waals surface area (Å²) in [6, 6.07) is 11.5. The van der Waals surface area contributed by atoms with E-state index in [0.29, 0.717) is 29.1 Å². The zero-order valence-electron chi connectivity index (χ0n) is 16.0. The van der Waals surface area contributed by atoms with Crippen molar-refractivity contribution in [1.82, 2.24) is 9.55 Å². The molecule has 2 aliphatic rings. The molecule has 0 spiro atoms. The highest BCUT2D eigenvalue weighted by molar-refractivity contribution is 5.88. The third-order valence-corrected chi connectivity index (χ3v) is 5.63. The van der Waals surface area contributed by atoms with Crippen LogP contribution in [0.4, 0.5) is 0 Å². The highest BCUT2D eigenvalue weighted by Crippen LogP contribution is 2.39. The molecule has 0 saturated heterocycles. The van der Waals surface area contributed by atoms with Gasteiger partial charge in [0.05, 0.1) is 29.0 Å². The summed E-state index contributed by atoms with van der Waals surface area (Å²) in [5.41, 5.74) is 1.86. The molecule has 2 aromatic heterocycles. The Hall–Kier alpha value is -3.48. The van der Waals surface area contributed by atoms with Gasteiger partial charge in [0.1, 0.15) is 6.61 Å². The van der Waals surface area contributed by atoms with Crippen molar-refractivity contribution in [2.45, 2.75) is 39.0 Å². The predicted molar refractivity (Wildman–Crippen MR) is 104 cm³/mol. The SMILES string of the molecule is CCC(=O)OC1(C)C(=O)OCc2c1cc1n(c2=O)Cc2cc3ccccc3nc2-1. The summed E-state index contributed by atoms with van der Waals surface area (Å²) in [4.78, 5) is 42.5. The average Bonchev–Trinajstić information content (AvgIpc) is 3.07. The van der Waals surface area contributed by atoms with Crippen molar-refractivity contribution in [2.24, 2.45) is 0 Å². The molecule has 0 bridgehead atoms. The number of hydrogen-bond acceptors (Lipinski definition) is 6. The number of cyclic esters (lactones) is 1. The Morgan fingerprint density at radius 3 is 2.86 bits per heavy atom. The maximum atomic E-state index is 13.2. The molecule has 146 valence electrons. The van der Waals surface area contributed by atoms with Gasteiger partial charge < -0.3 is 14.0 Å². The van der Waals surface area contributed by atoms with Crippen LogP contribution in [0.5, 0.6) is 0 Å². The highest BCUT2D eigenvalue weighted by Gasteiger charge is 2.47. The third-order valence-electron chi connectivity index (χ3n) is 5.63. The minimum absolute atomic E-state index is 0.110. The first kappa shape index (κ1) is 17.6. The Morgan fingerprint density at radius 1 is 1.28 bits per heavy atom. The Labute approximate surface area is 165 Å². The van der Waals surface area contributed by atoms with Gasteiger partial charge in [0.2, 0.25) is 5.60 Å². The number of esters is 2. The Bertz CT molecular complexity index is 1280. The molecule has 0 radical (unpaired) electrons. The maximum Gasteiger partial charge on any atom is 0.355 e. The van der Waals surface area contributed by atoms with Gasteiger partial charge in [-0.25, -0.2) is 9.78 Å². The Morgan fingerprint density at radius 2 is 2.07 bits per heavy atom. The fraction of sp³-hybridized carbons (Fsp3) is 0.273. The largest absolute Gasteiger partial charge is 0.457 e. The van der Waals surface area contributed by atoms with Crippen molar-refractivity contribution < 1.29 is 19.1 Å². The van der Waals surface area contributed by atoms with Crippen LogP contribution < -0.4 is 5.56 Å². The lowest BCUT2D eigenvalue weighted by atomic mass is 9.89. The molecule has 5 rings (SSSR count). The van der Waals surface area contributed by atoms with Gasteiger partial charge in [0.25, 0.3) is 5.56 Å². The molecule has 7 heteroatoms. The van der Waals surface area contributed by atoms with E-state index in [9.17, 15) is 14.4 Å². The number of rotatable bonds is 2. The second-order valence-electron chi connectivity index (χ2n) is 7.44. The van der Waals surface area contributed by atoms with Gasteiger partial charge in [-0.1, -0.05) is 25.1 Å². The minimum atomic E-state index is -1.66. The second kappa shape index (κ2) is 6.01. The van der Waals surface area contributed by atoms with E-state index < -0.39 is 17.5 Å². The molecule has 0 N–H and O–H groups in total. The molecule has 0 saturated carbocycles. The van der Waals surface area contributed by atoms with E-state index in [1.54, 1.807) is 17.6 Å². The van der Waals surface area contributed by atoms with E-state index in [1.807, 2.05) is 30.3 Å². The molecule has 1 aromatic carbocycles. The van der Waals surface area contributed by atoms with Crippen LogP contribution >= 0.6 is 0 Å². The smallest absolute Gasteiger partial charge is 0.355 e. The van der Waals surface area contributed by atoms with Gasteiger partial charge in [0.15, 0.2) is 0 Å². The quantitative estimate of drug-likeness (QED) is 0.489. The molecule has 1 unspecified atom stereocenters. The summed E-state index contributed by atoms with van der Waals surface area (Å²) in [6.07, 6.45) is 0.110. The molecule has 0 aliphatic carbocycles. The number of para-hydroxylation sites is 1. The topological polar surface area (TPSA) is 87.5 Å². The molecule has 0 amide bonds. The summed E-state index contributed by atoms with van der Waals surface area (Å²) >= 11 is 0. The highest BCUT2D eigenvalue weighted by atomic mass is 16.6. The summed E-state index contributed by atoms with van der Waals surface area (Å²) < 4.78 is 12.3. The Kier molecular flexibility index (Phi) is 3.65. The van der Waals surface area contributed by atoms with E-state index in [1.165, 1.54) is 6.92 Å². The van der Waals surface area contributed by atoms with Gasteiger partial charge in [-0.2, -0.15) is 0 Å². The minimum Gasteiger partial charge on any atom is -0.457 e. The lowest BCUT2D eigenvalue weighted by Crippen LogP contribution is -2.45. The van der Waals surface area contributed by atoms with Gasteiger partial charge >= 0.3 is 11.9 Å². The molecular formula is C22H18N2O5. The van der Waals surface area contributed by atoms with Crippen molar-refractivity contribution in [1.29, 1.82) is 0 Å². The second-order valence-corrected chi connectivity index (χ2v) is 7.44. The van der Waals surface area contributed by atoms with Crippen LogP contribution in [-0.2, 0) is 37.8 Å². The van der Waals surface area contributed by atoms with Crippen LogP contribution in [0, 0.1) is 0 Å². The molecule has 3 aromatic rings. The molecule has 7 nitrogen and oxygen atoms in total. The number of fused-ring (bicyclic) bond motifs is 5. The van der Waals surface area contributed by atoms with E-state index >= 15 is 0 Å². The van der Waals surface area contributed by atoms with Crippen LogP contribution in [0.25, 0.3) is 22.3 Å². The van der Waals surface area contributed by atoms with Crippen molar-refractivity contribution >= 4 is 22.8 Å². The number of ether oxygens (including phenoxy) is 2. The summed E-state index contributed by atoms with van der Waals surface area (Å²) in [6.45, 7) is 3.37. The maximum absolute atomic E-state index is 13.2. The van der Waals surface area contributed by atoms with Crippen LogP contribution in [0.3, 0.4) is 0 Å². The van der Waals surface area contributed by atoms with Gasteiger partial charge in [0, 0.05) is 22.9 Å². The number of nitrogens with zero attached hydrogens (tertiary/aromatic N) is 2. The summed E-state index contributed by atoms with van der Waals surface area (Å²) in [7, 11) is 0. The van der Waals surface area contributed by atoms with E-state index in [-0.39, 0.29) is 18.6 Å². The monoisotopic (exact) mass is 390 g/mol. The number of hydrogen-bond donors (Lipinski definition) is 0. The van der Waals surface area contributed by atoms with E-state index in [4.69, 9.17) is 14.5 Å². The molecule has 2 aliphatic heterocycles. The summed E-state index contributed by atoms with van der Waals surface area (Å²) in [5.74, 6) is -1.22. The molecule has 4 heterocycles. The van der Waals surface area contributed by atoms with E-state index in [2.05, 4.69) is 0 Å². The lowest BCUT2D eigenvalue weighted by molar-refractivity contribution is -0.186. The van der Waals surface area contributed by atoms with Crippen molar-refractivity contribution in [3.63, 3.8) is 0 Å². The standard InChI is InChI=1S/C22H18N2O5/c1-3-18(25)29-22(2)15-9-17-19-13(8-12-6-4-5-7-16(12)23-19)10-24(17)20(26)14(15)11-28-21(22)27/h4-9H,3,10-11H2,1-2H3. The van der Waals surface area contributed by atoms with Crippen LogP contribution in [0.15, 0.2) is 41.2 Å². The van der Waals surface area contributed by atoms with Crippen LogP contribution in [0.2, 0.25) is 0 Å². The fourth-order valence-electron chi connectivity index (χ4n) is 4.06. The number of carbonyl (C=O) groups is 2. The normalized spacial score (nSPS) is 19.3. The van der Waals surface area contributed by atoms with Gasteiger partial charge in [-0.05, 0) is 25.1 Å². The van der Waals surface area contributed by atoms with Crippen LogP contribution in [0.1, 0.15) is 37.0 Å². The van der Waals surface area contributed by atoms with Crippen LogP contribution in [-0.4, -0.2) is 21.5 Å². The van der Waals surface area contributed by atoms with Crippen molar-refractivity contribution in [3.8, 4) is 11.4 Å². The first-order valence-electron chi connectivity index (χ1n) is 9.47. The van der Waals surface area contributed by atoms with Gasteiger partial charge in [-0.15, -0.1) is 0 Å². The first-order chi connectivity index (χ1) is 13.9. The number of pyridine rings is 2. The van der Waals surface area contributed by atoms with E-state index in [0.717, 1.165) is 16.5 Å². The molecule has 1 atom stereocenters. The predicted octanol–water partition coefficient (Wildman–Crippen LogP) is 2.65. The fourth-order valence-corrected chi connectivity index (χ4v) is 4.06.